The maximum Gasteiger partial charge on any atom is 0.307 e. The van der Waals surface area contributed by atoms with Crippen molar-refractivity contribution in [1.82, 2.24) is 5.32 Å². The minimum absolute atomic E-state index is 0. The maximum absolute atomic E-state index is 11.0. The van der Waals surface area contributed by atoms with Gasteiger partial charge in [0.05, 0.1) is 6.42 Å². The van der Waals surface area contributed by atoms with Crippen molar-refractivity contribution >= 4 is 29.1 Å². The smallest absolute Gasteiger partial charge is 0.307 e. The minimum Gasteiger partial charge on any atom is -0.489 e. The van der Waals surface area contributed by atoms with E-state index in [1.807, 2.05) is 24.3 Å². The van der Waals surface area contributed by atoms with Crippen LogP contribution >= 0.6 is 12.4 Å². The highest BCUT2D eigenvalue weighted by atomic mass is 35.5. The number of rotatable bonds is 7. The summed E-state index contributed by atoms with van der Waals surface area (Å²) in [5, 5.41) is 15.3. The molecule has 2 N–H and O–H groups in total. The number of hydrogen-bond acceptors (Lipinski definition) is 3. The summed E-state index contributed by atoms with van der Waals surface area (Å²) in [6, 6.07) is 31.4. The Hall–Kier alpha value is -3.34. The van der Waals surface area contributed by atoms with E-state index in [-0.39, 0.29) is 36.9 Å². The fourth-order valence-corrected chi connectivity index (χ4v) is 5.02. The second kappa shape index (κ2) is 10.9. The standard InChI is InChI=1S/C30H29NO3.ClH/c1-20(25-11-6-8-22-7-2-3-9-26(22)25)31-19-24-18-28(27-10-4-5-12-29(27)34-24)23-15-13-21(14-16-23)17-30(32)33;/h2-16,20,24,28,31H,17-19H2,1H3,(H,32,33);1H/t20-,24-,28+;/m1./s1. The zero-order chi connectivity index (χ0) is 23.5. The topological polar surface area (TPSA) is 58.6 Å². The summed E-state index contributed by atoms with van der Waals surface area (Å²) in [5.74, 6) is 0.331. The lowest BCUT2D eigenvalue weighted by Crippen LogP contribution is -2.37. The molecule has 4 aromatic carbocycles. The Morgan fingerprint density at radius 3 is 2.49 bits per heavy atom. The molecule has 0 aliphatic carbocycles. The van der Waals surface area contributed by atoms with Crippen LogP contribution in [-0.2, 0) is 11.2 Å². The van der Waals surface area contributed by atoms with Gasteiger partial charge >= 0.3 is 5.97 Å². The first-order chi connectivity index (χ1) is 16.6. The molecule has 0 aromatic heterocycles. The fraction of sp³-hybridized carbons (Fsp3) is 0.233. The van der Waals surface area contributed by atoms with E-state index in [1.54, 1.807) is 0 Å². The molecule has 35 heavy (non-hydrogen) atoms. The Balaban J connectivity index is 0.00000289. The van der Waals surface area contributed by atoms with Crippen LogP contribution in [0, 0.1) is 0 Å². The third kappa shape index (κ3) is 5.50. The number of carbonyl (C=O) groups is 1. The molecule has 1 aliphatic heterocycles. The Labute approximate surface area is 212 Å². The largest absolute Gasteiger partial charge is 0.489 e. The molecule has 0 amide bonds. The molecule has 0 saturated carbocycles. The number of aliphatic carboxylic acids is 1. The molecule has 4 aromatic rings. The lowest BCUT2D eigenvalue weighted by molar-refractivity contribution is -0.136. The first kappa shape index (κ1) is 24.8. The molecule has 1 heterocycles. The molecule has 1 aliphatic rings. The van der Waals surface area contributed by atoms with Crippen molar-refractivity contribution in [3.8, 4) is 5.75 Å². The summed E-state index contributed by atoms with van der Waals surface area (Å²) in [7, 11) is 0. The number of carboxylic acids is 1. The van der Waals surface area contributed by atoms with E-state index in [4.69, 9.17) is 9.84 Å². The molecule has 0 radical (unpaired) electrons. The van der Waals surface area contributed by atoms with Gasteiger partial charge in [-0.3, -0.25) is 4.79 Å². The summed E-state index contributed by atoms with van der Waals surface area (Å²) in [5.41, 5.74) is 4.49. The van der Waals surface area contributed by atoms with Crippen LogP contribution in [0.25, 0.3) is 10.8 Å². The number of nitrogens with one attached hydrogen (secondary N) is 1. The van der Waals surface area contributed by atoms with Crippen molar-refractivity contribution in [1.29, 1.82) is 0 Å². The summed E-state index contributed by atoms with van der Waals surface area (Å²) in [6.45, 7) is 2.95. The van der Waals surface area contributed by atoms with Gasteiger partial charge < -0.3 is 15.2 Å². The summed E-state index contributed by atoms with van der Waals surface area (Å²) in [4.78, 5) is 11.0. The van der Waals surface area contributed by atoms with Gasteiger partial charge in [0.15, 0.2) is 0 Å². The number of halogens is 1. The van der Waals surface area contributed by atoms with Crippen molar-refractivity contribution in [3.05, 3.63) is 113 Å². The van der Waals surface area contributed by atoms with Gasteiger partial charge in [0.25, 0.3) is 0 Å². The SMILES string of the molecule is C[C@@H](NC[C@H]1C[C@@H](c2ccc(CC(=O)O)cc2)c2ccccc2O1)c1cccc2ccccc12.Cl. The molecule has 5 heteroatoms. The predicted molar refractivity (Wildman–Crippen MR) is 143 cm³/mol. The molecular formula is C30H30ClNO3. The van der Waals surface area contributed by atoms with Gasteiger partial charge in [-0.15, -0.1) is 12.4 Å². The summed E-state index contributed by atoms with van der Waals surface area (Å²) in [6.07, 6.45) is 0.948. The monoisotopic (exact) mass is 487 g/mol. The van der Waals surface area contributed by atoms with Crippen LogP contribution in [0.3, 0.4) is 0 Å². The molecule has 0 bridgehead atoms. The Morgan fingerprint density at radius 2 is 1.69 bits per heavy atom. The van der Waals surface area contributed by atoms with Crippen LogP contribution in [0.5, 0.6) is 5.75 Å². The van der Waals surface area contributed by atoms with E-state index in [0.717, 1.165) is 24.3 Å². The third-order valence-electron chi connectivity index (χ3n) is 6.77. The predicted octanol–water partition coefficient (Wildman–Crippen LogP) is 6.52. The van der Waals surface area contributed by atoms with Gasteiger partial charge in [0.1, 0.15) is 11.9 Å². The van der Waals surface area contributed by atoms with Crippen LogP contribution in [-0.4, -0.2) is 23.7 Å². The summed E-state index contributed by atoms with van der Waals surface area (Å²) < 4.78 is 6.39. The van der Waals surface area contributed by atoms with Crippen molar-refractivity contribution in [2.24, 2.45) is 0 Å². The first-order valence-corrected chi connectivity index (χ1v) is 11.9. The second-order valence-corrected chi connectivity index (χ2v) is 9.08. The Morgan fingerprint density at radius 1 is 0.971 bits per heavy atom. The van der Waals surface area contributed by atoms with Gasteiger partial charge in [-0.1, -0.05) is 84.9 Å². The molecule has 180 valence electrons. The van der Waals surface area contributed by atoms with E-state index in [1.165, 1.54) is 27.5 Å². The van der Waals surface area contributed by atoms with Gasteiger partial charge in [-0.2, -0.15) is 0 Å². The Bertz CT molecular complexity index is 1300. The van der Waals surface area contributed by atoms with E-state index in [0.29, 0.717) is 0 Å². The molecular weight excluding hydrogens is 458 g/mol. The maximum atomic E-state index is 11.0. The lowest BCUT2D eigenvalue weighted by atomic mass is 9.83. The molecule has 3 atom stereocenters. The minimum atomic E-state index is -0.810. The van der Waals surface area contributed by atoms with E-state index in [9.17, 15) is 4.79 Å². The average molecular weight is 488 g/mol. The number of carboxylic acid groups (broad SMARTS) is 1. The highest BCUT2D eigenvalue weighted by Gasteiger charge is 2.29. The van der Waals surface area contributed by atoms with E-state index >= 15 is 0 Å². The number of benzene rings is 4. The number of fused-ring (bicyclic) bond motifs is 2. The molecule has 4 nitrogen and oxygen atoms in total. The zero-order valence-electron chi connectivity index (χ0n) is 19.7. The average Bonchev–Trinajstić information content (AvgIpc) is 2.86. The third-order valence-corrected chi connectivity index (χ3v) is 6.77. The molecule has 0 fully saturated rings. The van der Waals surface area contributed by atoms with Crippen LogP contribution in [0.15, 0.2) is 91.0 Å². The first-order valence-electron chi connectivity index (χ1n) is 11.9. The fourth-order valence-electron chi connectivity index (χ4n) is 5.02. The second-order valence-electron chi connectivity index (χ2n) is 9.08. The van der Waals surface area contributed by atoms with E-state index < -0.39 is 5.97 Å². The van der Waals surface area contributed by atoms with Crippen LogP contribution in [0.1, 0.15) is 47.6 Å². The normalized spacial score (nSPS) is 17.6. The van der Waals surface area contributed by atoms with Crippen LogP contribution in [0.4, 0.5) is 0 Å². The molecule has 0 unspecified atom stereocenters. The van der Waals surface area contributed by atoms with Gasteiger partial charge in [-0.25, -0.2) is 0 Å². The number of ether oxygens (including phenoxy) is 1. The molecule has 0 spiro atoms. The number of hydrogen-bond donors (Lipinski definition) is 2. The van der Waals surface area contributed by atoms with Crippen molar-refractivity contribution in [2.45, 2.75) is 37.8 Å². The molecule has 0 saturated heterocycles. The van der Waals surface area contributed by atoms with Crippen molar-refractivity contribution in [2.75, 3.05) is 6.54 Å². The quantitative estimate of drug-likeness (QED) is 0.311. The van der Waals surface area contributed by atoms with Crippen LogP contribution in [0.2, 0.25) is 0 Å². The van der Waals surface area contributed by atoms with Gasteiger partial charge in [0, 0.05) is 24.1 Å². The van der Waals surface area contributed by atoms with Gasteiger partial charge in [0.2, 0.25) is 0 Å². The van der Waals surface area contributed by atoms with Crippen molar-refractivity contribution < 1.29 is 14.6 Å². The highest BCUT2D eigenvalue weighted by molar-refractivity contribution is 5.86. The number of para-hydroxylation sites is 1. The van der Waals surface area contributed by atoms with E-state index in [2.05, 4.69) is 79.0 Å². The van der Waals surface area contributed by atoms with Crippen LogP contribution < -0.4 is 10.1 Å². The summed E-state index contributed by atoms with van der Waals surface area (Å²) >= 11 is 0. The Kier molecular flexibility index (Phi) is 7.74. The lowest BCUT2D eigenvalue weighted by Gasteiger charge is -2.33. The highest BCUT2D eigenvalue weighted by Crippen LogP contribution is 2.40. The molecule has 5 rings (SSSR count). The van der Waals surface area contributed by atoms with Gasteiger partial charge in [-0.05, 0) is 46.9 Å². The van der Waals surface area contributed by atoms with Crippen molar-refractivity contribution in [3.63, 3.8) is 0 Å². The zero-order valence-corrected chi connectivity index (χ0v) is 20.5.